The Morgan fingerprint density at radius 3 is 2.53 bits per heavy atom. The molecule has 0 saturated heterocycles. The molecule has 0 bridgehead atoms. The Hall–Kier alpha value is -3.62. The minimum atomic E-state index is -0.412. The number of aromatic amines is 1. The number of anilines is 1. The second-order valence-corrected chi connectivity index (χ2v) is 6.99. The van der Waals surface area contributed by atoms with Crippen LogP contribution in [0.2, 0.25) is 0 Å². The smallest absolute Gasteiger partial charge is 0.280 e. The van der Waals surface area contributed by atoms with E-state index in [1.807, 2.05) is 24.3 Å². The van der Waals surface area contributed by atoms with E-state index < -0.39 is 5.56 Å². The van der Waals surface area contributed by atoms with Crippen molar-refractivity contribution in [1.29, 1.82) is 0 Å². The molecule has 0 radical (unpaired) electrons. The van der Waals surface area contributed by atoms with Gasteiger partial charge in [0.25, 0.3) is 5.56 Å². The number of unbranched alkanes of at least 4 members (excludes halogenated alkanes) is 1. The number of amides is 1. The summed E-state index contributed by atoms with van der Waals surface area (Å²) in [4.78, 5) is 50.3. The minimum Gasteiger partial charge on any atom is -0.369 e. The van der Waals surface area contributed by atoms with E-state index in [4.69, 9.17) is 5.73 Å². The number of nitrogens with one attached hydrogen (secondary N) is 2. The first kappa shape index (κ1) is 21.1. The first-order valence-electron chi connectivity index (χ1n) is 9.80. The van der Waals surface area contributed by atoms with Gasteiger partial charge in [-0.3, -0.25) is 19.4 Å². The second-order valence-electron chi connectivity index (χ2n) is 6.99. The van der Waals surface area contributed by atoms with E-state index in [0.717, 1.165) is 5.56 Å². The number of carbonyl (C=O) groups is 2. The van der Waals surface area contributed by atoms with Crippen LogP contribution in [0.4, 0.5) is 5.95 Å². The summed E-state index contributed by atoms with van der Waals surface area (Å²) in [5.74, 6) is 0.0772. The molecule has 0 saturated carbocycles. The first-order chi connectivity index (χ1) is 14.5. The maximum Gasteiger partial charge on any atom is 0.280 e. The number of nitrogen functional groups attached to an aromatic ring is 1. The molecule has 0 spiro atoms. The van der Waals surface area contributed by atoms with Gasteiger partial charge in [-0.2, -0.15) is 4.98 Å². The highest BCUT2D eigenvalue weighted by Crippen LogP contribution is 2.12. The lowest BCUT2D eigenvalue weighted by Crippen LogP contribution is -2.17. The standard InChI is InChI=1S/C21H24N6O3/c1-23-17(29)5-3-2-4-16(28)14-9-6-13(7-10-14)8-11-15-12-24-19-18(25-15)20(30)27-21(22)26-19/h6-7,9-10,12H,2-5,8,11H2,1H3,(H,23,29)(H3,22,24,26,27,30). The lowest BCUT2D eigenvalue weighted by molar-refractivity contribution is -0.120. The molecule has 0 aliphatic carbocycles. The number of hydrogen-bond donors (Lipinski definition) is 3. The summed E-state index contributed by atoms with van der Waals surface area (Å²) in [6, 6.07) is 7.47. The van der Waals surface area contributed by atoms with Crippen LogP contribution in [-0.4, -0.2) is 38.7 Å². The van der Waals surface area contributed by atoms with E-state index in [9.17, 15) is 14.4 Å². The second kappa shape index (κ2) is 9.73. The van der Waals surface area contributed by atoms with Crippen molar-refractivity contribution in [3.05, 3.63) is 57.6 Å². The molecular formula is C21H24N6O3. The third kappa shape index (κ3) is 5.47. The predicted molar refractivity (Wildman–Crippen MR) is 113 cm³/mol. The number of benzene rings is 1. The summed E-state index contributed by atoms with van der Waals surface area (Å²) in [6.07, 6.45) is 5.13. The van der Waals surface area contributed by atoms with Gasteiger partial charge >= 0.3 is 0 Å². The molecular weight excluding hydrogens is 384 g/mol. The molecule has 1 amide bonds. The maximum absolute atomic E-state index is 12.3. The molecule has 0 unspecified atom stereocenters. The van der Waals surface area contributed by atoms with Crippen LogP contribution in [0, 0.1) is 0 Å². The fourth-order valence-corrected chi connectivity index (χ4v) is 3.06. The highest BCUT2D eigenvalue weighted by molar-refractivity contribution is 5.96. The van der Waals surface area contributed by atoms with Gasteiger partial charge in [-0.1, -0.05) is 24.3 Å². The Labute approximate surface area is 173 Å². The molecule has 9 nitrogen and oxygen atoms in total. The van der Waals surface area contributed by atoms with Crippen LogP contribution in [-0.2, 0) is 17.6 Å². The van der Waals surface area contributed by atoms with Crippen molar-refractivity contribution in [3.63, 3.8) is 0 Å². The van der Waals surface area contributed by atoms with Crippen LogP contribution in [0.3, 0.4) is 0 Å². The number of rotatable bonds is 9. The Morgan fingerprint density at radius 2 is 1.80 bits per heavy atom. The van der Waals surface area contributed by atoms with Gasteiger partial charge < -0.3 is 11.1 Å². The summed E-state index contributed by atoms with van der Waals surface area (Å²) in [6.45, 7) is 0. The predicted octanol–water partition coefficient (Wildman–Crippen LogP) is 1.57. The van der Waals surface area contributed by atoms with Crippen molar-refractivity contribution in [3.8, 4) is 0 Å². The van der Waals surface area contributed by atoms with Gasteiger partial charge in [0, 0.05) is 25.5 Å². The van der Waals surface area contributed by atoms with Crippen molar-refractivity contribution < 1.29 is 9.59 Å². The molecule has 3 rings (SSSR count). The Bertz CT molecular complexity index is 1110. The molecule has 3 aromatic rings. The average molecular weight is 408 g/mol. The molecule has 0 aliphatic rings. The van der Waals surface area contributed by atoms with Crippen LogP contribution in [0.15, 0.2) is 35.3 Å². The maximum atomic E-state index is 12.3. The van der Waals surface area contributed by atoms with Gasteiger partial charge in [0.2, 0.25) is 11.9 Å². The van der Waals surface area contributed by atoms with Gasteiger partial charge in [0.15, 0.2) is 16.9 Å². The molecule has 9 heteroatoms. The van der Waals surface area contributed by atoms with Crippen molar-refractivity contribution in [2.45, 2.75) is 38.5 Å². The number of fused-ring (bicyclic) bond motifs is 1. The lowest BCUT2D eigenvalue weighted by atomic mass is 10.0. The number of ketones is 1. The van der Waals surface area contributed by atoms with E-state index >= 15 is 0 Å². The number of H-pyrrole nitrogens is 1. The molecule has 2 aromatic heterocycles. The lowest BCUT2D eigenvalue weighted by Gasteiger charge is -2.05. The van der Waals surface area contributed by atoms with Crippen molar-refractivity contribution in [2.24, 2.45) is 0 Å². The summed E-state index contributed by atoms with van der Waals surface area (Å²) in [7, 11) is 1.61. The number of nitrogens with two attached hydrogens (primary N) is 1. The Morgan fingerprint density at radius 1 is 1.07 bits per heavy atom. The molecule has 0 atom stereocenters. The topological polar surface area (TPSA) is 144 Å². The molecule has 0 fully saturated rings. The number of hydrogen-bond acceptors (Lipinski definition) is 7. The molecule has 0 aliphatic heterocycles. The largest absolute Gasteiger partial charge is 0.369 e. The highest BCUT2D eigenvalue weighted by Gasteiger charge is 2.09. The monoisotopic (exact) mass is 408 g/mol. The van der Waals surface area contributed by atoms with E-state index in [-0.39, 0.29) is 28.8 Å². The van der Waals surface area contributed by atoms with Crippen molar-refractivity contribution in [1.82, 2.24) is 25.3 Å². The summed E-state index contributed by atoms with van der Waals surface area (Å²) >= 11 is 0. The fourth-order valence-electron chi connectivity index (χ4n) is 3.06. The summed E-state index contributed by atoms with van der Waals surface area (Å²) in [5.41, 5.74) is 7.88. The van der Waals surface area contributed by atoms with Crippen molar-refractivity contribution >= 4 is 28.8 Å². The third-order valence-corrected chi connectivity index (χ3v) is 4.77. The number of aryl methyl sites for hydroxylation is 2. The highest BCUT2D eigenvalue weighted by atomic mass is 16.1. The minimum absolute atomic E-state index is 0.00657. The first-order valence-corrected chi connectivity index (χ1v) is 9.80. The number of Topliss-reactive ketones (excluding diaryl/α,β-unsaturated/α-hetero) is 1. The average Bonchev–Trinajstić information content (AvgIpc) is 2.75. The molecule has 30 heavy (non-hydrogen) atoms. The van der Waals surface area contributed by atoms with Gasteiger partial charge in [-0.15, -0.1) is 0 Å². The SMILES string of the molecule is CNC(=O)CCCCC(=O)c1ccc(CCc2cnc3nc(N)[nH]c(=O)c3n2)cc1. The number of aromatic nitrogens is 4. The number of nitrogens with zero attached hydrogens (tertiary/aromatic N) is 3. The molecule has 2 heterocycles. The van der Waals surface area contributed by atoms with Crippen LogP contribution in [0.5, 0.6) is 0 Å². The molecule has 1 aromatic carbocycles. The van der Waals surface area contributed by atoms with Gasteiger partial charge in [-0.05, 0) is 31.2 Å². The van der Waals surface area contributed by atoms with E-state index in [2.05, 4.69) is 25.3 Å². The van der Waals surface area contributed by atoms with Crippen LogP contribution < -0.4 is 16.6 Å². The van der Waals surface area contributed by atoms with E-state index in [0.29, 0.717) is 49.8 Å². The van der Waals surface area contributed by atoms with Gasteiger partial charge in [0.1, 0.15) is 0 Å². The van der Waals surface area contributed by atoms with Crippen LogP contribution in [0.1, 0.15) is 47.3 Å². The Balaban J connectivity index is 1.54. The zero-order valence-corrected chi connectivity index (χ0v) is 16.8. The number of carbonyl (C=O) groups excluding carboxylic acids is 2. The van der Waals surface area contributed by atoms with Crippen molar-refractivity contribution in [2.75, 3.05) is 12.8 Å². The zero-order valence-electron chi connectivity index (χ0n) is 16.8. The van der Waals surface area contributed by atoms with Gasteiger partial charge in [-0.25, -0.2) is 9.97 Å². The Kier molecular flexibility index (Phi) is 6.84. The molecule has 156 valence electrons. The molecule has 4 N–H and O–H groups in total. The quantitative estimate of drug-likeness (QED) is 0.360. The van der Waals surface area contributed by atoms with Gasteiger partial charge in [0.05, 0.1) is 11.9 Å². The normalized spacial score (nSPS) is 10.8. The van der Waals surface area contributed by atoms with Crippen LogP contribution >= 0.6 is 0 Å². The van der Waals surface area contributed by atoms with Crippen LogP contribution in [0.25, 0.3) is 11.2 Å². The van der Waals surface area contributed by atoms with E-state index in [1.165, 1.54) is 0 Å². The van der Waals surface area contributed by atoms with E-state index in [1.54, 1.807) is 13.2 Å². The summed E-state index contributed by atoms with van der Waals surface area (Å²) < 4.78 is 0. The summed E-state index contributed by atoms with van der Waals surface area (Å²) in [5, 5.41) is 2.57. The third-order valence-electron chi connectivity index (χ3n) is 4.77. The zero-order chi connectivity index (χ0) is 21.5. The fraction of sp³-hybridized carbons (Fsp3) is 0.333.